The monoisotopic (exact) mass is 752 g/mol. The first kappa shape index (κ1) is 43.5. The summed E-state index contributed by atoms with van der Waals surface area (Å²) in [5.74, 6) is -5.10. The lowest BCUT2D eigenvalue weighted by molar-refractivity contribution is -0.137. The summed E-state index contributed by atoms with van der Waals surface area (Å²) in [6.07, 6.45) is 3.03. The molecule has 1 aromatic heterocycles. The third-order valence-electron chi connectivity index (χ3n) is 10.0. The van der Waals surface area contributed by atoms with E-state index in [4.69, 9.17) is 0 Å². The third kappa shape index (κ3) is 12.3. The van der Waals surface area contributed by atoms with E-state index in [1.165, 1.54) is 0 Å². The second kappa shape index (κ2) is 20.5. The van der Waals surface area contributed by atoms with E-state index in [9.17, 15) is 33.6 Å². The summed E-state index contributed by atoms with van der Waals surface area (Å²) < 4.78 is 0. The minimum absolute atomic E-state index is 0.00179. The number of carbonyl (C=O) groups is 7. The van der Waals surface area contributed by atoms with Gasteiger partial charge in [-0.05, 0) is 41.7 Å². The van der Waals surface area contributed by atoms with Crippen LogP contribution in [0.4, 0.5) is 0 Å². The van der Waals surface area contributed by atoms with Crippen LogP contribution in [0.1, 0.15) is 86.6 Å². The number of amides is 7. The summed E-state index contributed by atoms with van der Waals surface area (Å²) >= 11 is 0. The molecule has 1 aliphatic rings. The van der Waals surface area contributed by atoms with Crippen LogP contribution in [-0.4, -0.2) is 89.6 Å². The fourth-order valence-corrected chi connectivity index (χ4v) is 6.31. The molecule has 0 bridgehead atoms. The van der Waals surface area contributed by atoms with Crippen molar-refractivity contribution in [3.63, 3.8) is 0 Å². The lowest BCUT2D eigenvalue weighted by Crippen LogP contribution is -2.62. The van der Waals surface area contributed by atoms with Gasteiger partial charge in [-0.15, -0.1) is 0 Å². The Labute approximate surface area is 318 Å². The van der Waals surface area contributed by atoms with Crippen molar-refractivity contribution in [1.82, 2.24) is 42.2 Å². The SMILES string of the molecule is CC[C@H](C)[C@H]1NC(=O)[C@@H](CC(C)C)NC(=O)CNC(=O)CCNC(=O)[C@@H](Cc2c[nH]c3ccccc23)NC(=O)[C@H](C(C)C)NC(=O)[C@@H]([C@@H](C)CC)NC1=O. The summed E-state index contributed by atoms with van der Waals surface area (Å²) in [5, 5.41) is 20.1. The zero-order valence-corrected chi connectivity index (χ0v) is 32.9. The molecule has 1 aliphatic heterocycles. The average Bonchev–Trinajstić information content (AvgIpc) is 3.54. The van der Waals surface area contributed by atoms with Crippen molar-refractivity contribution in [3.8, 4) is 0 Å². The molecule has 1 saturated heterocycles. The van der Waals surface area contributed by atoms with Crippen LogP contribution in [0.15, 0.2) is 30.5 Å². The van der Waals surface area contributed by atoms with E-state index in [0.717, 1.165) is 16.5 Å². The Kier molecular flexibility index (Phi) is 16.5. The molecule has 54 heavy (non-hydrogen) atoms. The highest BCUT2D eigenvalue weighted by molar-refractivity contribution is 5.97. The van der Waals surface area contributed by atoms with Gasteiger partial charge in [-0.25, -0.2) is 0 Å². The van der Waals surface area contributed by atoms with E-state index in [2.05, 4.69) is 42.2 Å². The van der Waals surface area contributed by atoms with Gasteiger partial charge >= 0.3 is 0 Å². The van der Waals surface area contributed by atoms with Gasteiger partial charge in [0.25, 0.3) is 0 Å². The van der Waals surface area contributed by atoms with Gasteiger partial charge in [0.2, 0.25) is 41.4 Å². The largest absolute Gasteiger partial charge is 0.361 e. The number of nitrogens with one attached hydrogen (secondary N) is 8. The van der Waals surface area contributed by atoms with Crippen LogP contribution in [0.5, 0.6) is 0 Å². The molecule has 0 aliphatic carbocycles. The topological polar surface area (TPSA) is 219 Å². The van der Waals surface area contributed by atoms with E-state index in [1.54, 1.807) is 27.0 Å². The van der Waals surface area contributed by atoms with Crippen LogP contribution in [0, 0.1) is 23.7 Å². The van der Waals surface area contributed by atoms with Gasteiger partial charge in [-0.3, -0.25) is 33.6 Å². The molecule has 1 aromatic carbocycles. The van der Waals surface area contributed by atoms with Crippen molar-refractivity contribution >= 4 is 52.3 Å². The quantitative estimate of drug-likeness (QED) is 0.189. The Morgan fingerprint density at radius 3 is 1.80 bits per heavy atom. The van der Waals surface area contributed by atoms with Gasteiger partial charge in [0.15, 0.2) is 0 Å². The van der Waals surface area contributed by atoms with Crippen molar-refractivity contribution in [3.05, 3.63) is 36.0 Å². The molecule has 7 atom stereocenters. The Morgan fingerprint density at radius 2 is 1.20 bits per heavy atom. The van der Waals surface area contributed by atoms with Gasteiger partial charge in [0.05, 0.1) is 6.54 Å². The molecular weight excluding hydrogens is 692 g/mol. The van der Waals surface area contributed by atoms with E-state index in [-0.39, 0.29) is 43.6 Å². The first-order valence-electron chi connectivity index (χ1n) is 19.2. The van der Waals surface area contributed by atoms with Gasteiger partial charge < -0.3 is 42.2 Å². The number of aromatic nitrogens is 1. The summed E-state index contributed by atoms with van der Waals surface area (Å²) in [5.41, 5.74) is 1.63. The van der Waals surface area contributed by atoms with E-state index in [1.807, 2.05) is 58.9 Å². The number of H-pyrrole nitrogens is 1. The zero-order valence-electron chi connectivity index (χ0n) is 32.9. The molecule has 0 unspecified atom stereocenters. The molecule has 2 aromatic rings. The summed E-state index contributed by atoms with van der Waals surface area (Å²) in [6.45, 7) is 14.2. The zero-order chi connectivity index (χ0) is 40.1. The minimum Gasteiger partial charge on any atom is -0.361 e. The molecule has 0 radical (unpaired) electrons. The van der Waals surface area contributed by atoms with Gasteiger partial charge in [0.1, 0.15) is 30.2 Å². The van der Waals surface area contributed by atoms with Crippen LogP contribution in [0.2, 0.25) is 0 Å². The molecule has 7 amide bonds. The predicted molar refractivity (Wildman–Crippen MR) is 205 cm³/mol. The number of carbonyl (C=O) groups excluding carboxylic acids is 7. The van der Waals surface area contributed by atoms with Crippen LogP contribution in [0.25, 0.3) is 10.9 Å². The lowest BCUT2D eigenvalue weighted by Gasteiger charge is -2.32. The van der Waals surface area contributed by atoms with Crippen LogP contribution in [-0.2, 0) is 40.0 Å². The molecule has 15 heteroatoms. The van der Waals surface area contributed by atoms with E-state index >= 15 is 0 Å². The number of benzene rings is 1. The highest BCUT2D eigenvalue weighted by Crippen LogP contribution is 2.20. The van der Waals surface area contributed by atoms with Gasteiger partial charge in [-0.2, -0.15) is 0 Å². The highest BCUT2D eigenvalue weighted by atomic mass is 16.2. The third-order valence-corrected chi connectivity index (χ3v) is 10.0. The molecule has 15 nitrogen and oxygen atoms in total. The molecule has 2 heterocycles. The average molecular weight is 753 g/mol. The molecular formula is C39H60N8O7. The van der Waals surface area contributed by atoms with Crippen LogP contribution < -0.4 is 37.2 Å². The number of hydrogen-bond donors (Lipinski definition) is 8. The van der Waals surface area contributed by atoms with Gasteiger partial charge in [0, 0.05) is 36.5 Å². The standard InChI is InChI=1S/C39H60N8O7/c1-9-23(7)33-39(54)47-34(24(8)10-2)38(53)45-32(22(5)6)37(52)44-29(18-25-19-41-27-14-12-11-13-26(25)27)35(50)40-16-15-30(48)42-20-31(49)43-28(17-21(3)4)36(51)46-33/h11-14,19,21-24,28-29,32-34,41H,9-10,15-18,20H2,1-8H3,(H,40,50)(H,42,48)(H,43,49)(H,44,52)(H,45,53)(H,46,51)(H,47,54)/t23-,24-,28+,29+,32-,33+,34+/m0/s1. The van der Waals surface area contributed by atoms with Crippen molar-refractivity contribution in [2.24, 2.45) is 23.7 Å². The number of rotatable bonds is 9. The highest BCUT2D eigenvalue weighted by Gasteiger charge is 2.36. The number of para-hydroxylation sites is 1. The van der Waals surface area contributed by atoms with Crippen molar-refractivity contribution in [2.45, 2.75) is 118 Å². The maximum Gasteiger partial charge on any atom is 0.243 e. The normalized spacial score (nSPS) is 24.6. The fraction of sp³-hybridized carbons (Fsp3) is 0.615. The summed E-state index contributed by atoms with van der Waals surface area (Å²) in [6, 6.07) is 2.29. The minimum atomic E-state index is -1.08. The van der Waals surface area contributed by atoms with Crippen LogP contribution >= 0.6 is 0 Å². The van der Waals surface area contributed by atoms with Crippen molar-refractivity contribution in [1.29, 1.82) is 0 Å². The molecule has 0 spiro atoms. The Hall–Kier alpha value is -4.95. The Balaban J connectivity index is 2.00. The molecule has 0 saturated carbocycles. The van der Waals surface area contributed by atoms with Crippen LogP contribution in [0.3, 0.4) is 0 Å². The van der Waals surface area contributed by atoms with Gasteiger partial charge in [-0.1, -0.05) is 86.4 Å². The molecule has 298 valence electrons. The van der Waals surface area contributed by atoms with E-state index < -0.39 is 84.0 Å². The number of aromatic amines is 1. The fourth-order valence-electron chi connectivity index (χ4n) is 6.31. The molecule has 3 rings (SSSR count). The second-order valence-corrected chi connectivity index (χ2v) is 15.2. The summed E-state index contributed by atoms with van der Waals surface area (Å²) in [7, 11) is 0. The number of hydrogen-bond acceptors (Lipinski definition) is 7. The second-order valence-electron chi connectivity index (χ2n) is 15.2. The smallest absolute Gasteiger partial charge is 0.243 e. The Morgan fingerprint density at radius 1 is 0.630 bits per heavy atom. The number of fused-ring (bicyclic) bond motifs is 1. The van der Waals surface area contributed by atoms with Crippen molar-refractivity contribution in [2.75, 3.05) is 13.1 Å². The maximum absolute atomic E-state index is 14.0. The van der Waals surface area contributed by atoms with Crippen molar-refractivity contribution < 1.29 is 33.6 Å². The lowest BCUT2D eigenvalue weighted by atomic mass is 9.93. The van der Waals surface area contributed by atoms with E-state index in [0.29, 0.717) is 12.8 Å². The first-order valence-corrected chi connectivity index (χ1v) is 19.2. The molecule has 8 N–H and O–H groups in total. The molecule has 1 fully saturated rings. The maximum atomic E-state index is 14.0. The predicted octanol–water partition coefficient (Wildman–Crippen LogP) is 1.56. The Bertz CT molecular complexity index is 1640. The summed E-state index contributed by atoms with van der Waals surface area (Å²) in [4.78, 5) is 98.0. The first-order chi connectivity index (χ1) is 25.6.